The van der Waals surface area contributed by atoms with Crippen LogP contribution in [0, 0.1) is 29.6 Å². The van der Waals surface area contributed by atoms with Crippen molar-refractivity contribution in [3.63, 3.8) is 0 Å². The van der Waals surface area contributed by atoms with Crippen LogP contribution in [0.5, 0.6) is 0 Å². The molecular weight excluding hydrogens is 406 g/mol. The number of nitrogens with one attached hydrogen (secondary N) is 2. The maximum absolute atomic E-state index is 13.5. The van der Waals surface area contributed by atoms with Gasteiger partial charge in [0.2, 0.25) is 0 Å². The van der Waals surface area contributed by atoms with Crippen molar-refractivity contribution in [2.24, 2.45) is 29.6 Å². The number of nitrogens with two attached hydrogens (primary N) is 1. The molecule has 9 heteroatoms. The molecule has 0 aromatic rings. The predicted molar refractivity (Wildman–Crippen MR) is 114 cm³/mol. The monoisotopic (exact) mass is 442 g/mol. The van der Waals surface area contributed by atoms with Crippen molar-refractivity contribution in [2.75, 3.05) is 13.2 Å². The van der Waals surface area contributed by atoms with Crippen LogP contribution in [-0.4, -0.2) is 61.4 Å². The number of allylic oxidation sites excluding steroid dienone is 1. The molecule has 0 amide bonds. The summed E-state index contributed by atoms with van der Waals surface area (Å²) in [5.41, 5.74) is 0.802. The maximum Gasteiger partial charge on any atom is 0.396 e. The van der Waals surface area contributed by atoms with E-state index < -0.39 is 36.2 Å². The molecule has 2 fully saturated rings. The molecular formula is C22H36BF3N3O2+. The first kappa shape index (κ1) is 24.7. The van der Waals surface area contributed by atoms with Crippen LogP contribution in [0.2, 0.25) is 5.82 Å². The molecule has 0 aromatic carbocycles. The molecule has 3 rings (SSSR count). The molecule has 0 bridgehead atoms. The van der Waals surface area contributed by atoms with Crippen molar-refractivity contribution in [1.82, 2.24) is 10.6 Å². The van der Waals surface area contributed by atoms with Gasteiger partial charge in [-0.25, -0.2) is 0 Å². The summed E-state index contributed by atoms with van der Waals surface area (Å²) in [6.07, 6.45) is 1.42. The van der Waals surface area contributed by atoms with Gasteiger partial charge in [-0.2, -0.15) is 13.2 Å². The molecule has 9 atom stereocenters. The summed E-state index contributed by atoms with van der Waals surface area (Å²) < 4.78 is 40.5. The van der Waals surface area contributed by atoms with Crippen molar-refractivity contribution in [2.45, 2.75) is 75.8 Å². The van der Waals surface area contributed by atoms with Gasteiger partial charge in [-0.3, -0.25) is 10.7 Å². The van der Waals surface area contributed by atoms with E-state index in [2.05, 4.69) is 17.6 Å². The minimum absolute atomic E-state index is 0.104. The maximum atomic E-state index is 13.5. The summed E-state index contributed by atoms with van der Waals surface area (Å²) >= 11 is 0. The van der Waals surface area contributed by atoms with Crippen LogP contribution in [0.25, 0.3) is 0 Å². The van der Waals surface area contributed by atoms with Gasteiger partial charge >= 0.3 is 6.18 Å². The fourth-order valence-corrected chi connectivity index (χ4v) is 5.83. The van der Waals surface area contributed by atoms with Crippen molar-refractivity contribution in [3.05, 3.63) is 12.2 Å². The van der Waals surface area contributed by atoms with Gasteiger partial charge in [0.1, 0.15) is 6.23 Å². The third-order valence-electron chi connectivity index (χ3n) is 7.33. The van der Waals surface area contributed by atoms with Crippen LogP contribution in [0.3, 0.4) is 0 Å². The Morgan fingerprint density at radius 2 is 2.00 bits per heavy atom. The number of rotatable bonds is 6. The number of halogens is 3. The van der Waals surface area contributed by atoms with E-state index in [-0.39, 0.29) is 30.8 Å². The van der Waals surface area contributed by atoms with Crippen LogP contribution in [0.1, 0.15) is 45.4 Å². The summed E-state index contributed by atoms with van der Waals surface area (Å²) in [6, 6.07) is -1.45. The van der Waals surface area contributed by atoms with Crippen LogP contribution < -0.4 is 16.0 Å². The highest BCUT2D eigenvalue weighted by molar-refractivity contribution is 6.13. The Bertz CT molecular complexity index is 648. The SMILES string of the molecule is [B]C1C=CC(C(F)(F)F)C(NC(O)C2NCCCC2C(=[NH2+])C2CC(C)CC(CO)C2)C1. The van der Waals surface area contributed by atoms with E-state index in [0.717, 1.165) is 43.9 Å². The normalized spacial score (nSPS) is 40.5. The lowest BCUT2D eigenvalue weighted by Gasteiger charge is -2.41. The fraction of sp³-hybridized carbons (Fsp3) is 0.864. The van der Waals surface area contributed by atoms with Crippen LogP contribution in [-0.2, 0) is 0 Å². The molecule has 1 heterocycles. The number of hydrogen-bond acceptors (Lipinski definition) is 4. The average Bonchev–Trinajstić information content (AvgIpc) is 2.71. The van der Waals surface area contributed by atoms with Gasteiger partial charge in [0, 0.05) is 18.6 Å². The highest BCUT2D eigenvalue weighted by Crippen LogP contribution is 2.38. The van der Waals surface area contributed by atoms with E-state index in [1.165, 1.54) is 6.08 Å². The minimum atomic E-state index is -4.41. The first-order valence-corrected chi connectivity index (χ1v) is 11.5. The lowest BCUT2D eigenvalue weighted by molar-refractivity contribution is -0.172. The first-order chi connectivity index (χ1) is 14.6. The fourth-order valence-electron chi connectivity index (χ4n) is 5.83. The van der Waals surface area contributed by atoms with Gasteiger partial charge in [0.25, 0.3) is 0 Å². The molecule has 2 radical (unpaired) electrons. The van der Waals surface area contributed by atoms with E-state index in [9.17, 15) is 23.4 Å². The Labute approximate surface area is 184 Å². The van der Waals surface area contributed by atoms with E-state index in [4.69, 9.17) is 13.3 Å². The zero-order valence-electron chi connectivity index (χ0n) is 18.2. The zero-order chi connectivity index (χ0) is 22.8. The predicted octanol–water partition coefficient (Wildman–Crippen LogP) is 0.971. The standard InChI is InChI=1S/C22H35BF3N3O2/c1-12-7-13(11-30)9-14(8-12)19(27)16-3-2-6-28-20(16)21(31)29-18-10-15(23)4-5-17(18)22(24,25)26/h4-5,12-18,20-21,27-31H,2-3,6-11H2,1H3/p+1. The Morgan fingerprint density at radius 1 is 1.26 bits per heavy atom. The zero-order valence-corrected chi connectivity index (χ0v) is 18.2. The quantitative estimate of drug-likeness (QED) is 0.184. The van der Waals surface area contributed by atoms with E-state index in [0.29, 0.717) is 12.5 Å². The molecule has 1 aliphatic heterocycles. The van der Waals surface area contributed by atoms with Gasteiger partial charge in [0.05, 0.1) is 25.7 Å². The number of hydrogen-bond donors (Lipinski definition) is 5. The van der Waals surface area contributed by atoms with E-state index in [1.807, 2.05) is 0 Å². The van der Waals surface area contributed by atoms with Gasteiger partial charge in [-0.05, 0) is 56.9 Å². The van der Waals surface area contributed by atoms with Crippen molar-refractivity contribution >= 4 is 13.6 Å². The minimum Gasteiger partial charge on any atom is -0.396 e. The molecule has 5 nitrogen and oxygen atoms in total. The van der Waals surface area contributed by atoms with Crippen molar-refractivity contribution in [1.29, 1.82) is 0 Å². The molecule has 1 saturated carbocycles. The Hall–Kier alpha value is -0.895. The summed E-state index contributed by atoms with van der Waals surface area (Å²) in [6.45, 7) is 2.98. The summed E-state index contributed by atoms with van der Waals surface area (Å²) in [5, 5.41) is 33.3. The number of alkyl halides is 3. The van der Waals surface area contributed by atoms with Crippen LogP contribution in [0.4, 0.5) is 13.2 Å². The topological polar surface area (TPSA) is 90.1 Å². The highest BCUT2D eigenvalue weighted by Gasteiger charge is 2.47. The second-order valence-electron chi connectivity index (χ2n) is 9.86. The molecule has 6 N–H and O–H groups in total. The van der Waals surface area contributed by atoms with Gasteiger partial charge in [-0.1, -0.05) is 24.9 Å². The Kier molecular flexibility index (Phi) is 8.27. The molecule has 9 unspecified atom stereocenters. The lowest BCUT2D eigenvalue weighted by atomic mass is 9.69. The first-order valence-electron chi connectivity index (χ1n) is 11.5. The molecule has 0 spiro atoms. The second-order valence-corrected chi connectivity index (χ2v) is 9.86. The van der Waals surface area contributed by atoms with Gasteiger partial charge in [0.15, 0.2) is 5.71 Å². The molecule has 31 heavy (non-hydrogen) atoms. The largest absolute Gasteiger partial charge is 0.396 e. The van der Waals surface area contributed by atoms with E-state index in [1.54, 1.807) is 0 Å². The average molecular weight is 442 g/mol. The van der Waals surface area contributed by atoms with Gasteiger partial charge < -0.3 is 15.5 Å². The third-order valence-corrected chi connectivity index (χ3v) is 7.33. The summed E-state index contributed by atoms with van der Waals surface area (Å²) in [4.78, 5) is 0. The second kappa shape index (κ2) is 10.4. The summed E-state index contributed by atoms with van der Waals surface area (Å²) in [5.74, 6) is -1.48. The number of aliphatic hydroxyl groups is 2. The van der Waals surface area contributed by atoms with E-state index >= 15 is 0 Å². The highest BCUT2D eigenvalue weighted by atomic mass is 19.4. The van der Waals surface area contributed by atoms with Crippen LogP contribution in [0.15, 0.2) is 12.2 Å². The number of aliphatic hydroxyl groups excluding tert-OH is 2. The smallest absolute Gasteiger partial charge is 0.396 e. The van der Waals surface area contributed by atoms with Crippen molar-refractivity contribution in [3.8, 4) is 0 Å². The number of piperidine rings is 1. The third kappa shape index (κ3) is 6.12. The lowest BCUT2D eigenvalue weighted by Crippen LogP contribution is -2.64. The molecule has 174 valence electrons. The van der Waals surface area contributed by atoms with Crippen molar-refractivity contribution < 1.29 is 28.8 Å². The molecule has 3 aliphatic rings. The molecule has 2 aliphatic carbocycles. The van der Waals surface area contributed by atoms with Crippen LogP contribution >= 0.6 is 0 Å². The molecule has 0 aromatic heterocycles. The summed E-state index contributed by atoms with van der Waals surface area (Å²) in [7, 11) is 5.86. The molecule has 1 saturated heterocycles. The Balaban J connectivity index is 1.70. The van der Waals surface area contributed by atoms with Gasteiger partial charge in [-0.15, -0.1) is 0 Å². The Morgan fingerprint density at radius 3 is 2.68 bits per heavy atom.